The lowest BCUT2D eigenvalue weighted by molar-refractivity contribution is 0.0940. The number of amides is 1. The second-order valence-corrected chi connectivity index (χ2v) is 5.11. The van der Waals surface area contributed by atoms with Gasteiger partial charge in [-0.05, 0) is 24.5 Å². The molecule has 0 saturated heterocycles. The molecule has 0 unspecified atom stereocenters. The van der Waals surface area contributed by atoms with Crippen LogP contribution < -0.4 is 5.32 Å². The first-order chi connectivity index (χ1) is 7.44. The van der Waals surface area contributed by atoms with E-state index in [0.717, 1.165) is 5.56 Å². The van der Waals surface area contributed by atoms with Gasteiger partial charge in [0, 0.05) is 18.0 Å². The Kier molecular flexibility index (Phi) is 4.36. The Bertz CT molecular complexity index is 357. The maximum Gasteiger partial charge on any atom is 0.251 e. The number of nitrogens with one attached hydrogen (secondary N) is 1. The van der Waals surface area contributed by atoms with E-state index in [2.05, 4.69) is 5.32 Å². The normalized spacial score (nSPS) is 11.2. The van der Waals surface area contributed by atoms with Crippen molar-refractivity contribution >= 4 is 17.5 Å². The minimum Gasteiger partial charge on any atom is -0.351 e. The topological polar surface area (TPSA) is 29.1 Å². The summed E-state index contributed by atoms with van der Waals surface area (Å²) in [7, 11) is 0. The molecule has 1 amide bonds. The van der Waals surface area contributed by atoms with Gasteiger partial charge in [0.05, 0.1) is 0 Å². The Morgan fingerprint density at radius 2 is 1.88 bits per heavy atom. The predicted molar refractivity (Wildman–Crippen MR) is 68.0 cm³/mol. The molecular weight excluding hydrogens is 222 g/mol. The number of carbonyl (C=O) groups excluding carboxylic acids is 1. The second kappa shape index (κ2) is 5.35. The van der Waals surface area contributed by atoms with Crippen LogP contribution in [0.4, 0.5) is 0 Å². The van der Waals surface area contributed by atoms with Crippen molar-refractivity contribution < 1.29 is 4.79 Å². The fourth-order valence-corrected chi connectivity index (χ4v) is 1.27. The van der Waals surface area contributed by atoms with Gasteiger partial charge in [0.2, 0.25) is 0 Å². The van der Waals surface area contributed by atoms with Crippen LogP contribution in [0.2, 0.25) is 0 Å². The van der Waals surface area contributed by atoms with Gasteiger partial charge in [0.15, 0.2) is 0 Å². The third-order valence-corrected chi connectivity index (χ3v) is 3.13. The number of rotatable bonds is 4. The van der Waals surface area contributed by atoms with Crippen molar-refractivity contribution in [3.8, 4) is 0 Å². The van der Waals surface area contributed by atoms with Crippen molar-refractivity contribution in [2.75, 3.05) is 12.4 Å². The number of hydrogen-bond donors (Lipinski definition) is 1. The van der Waals surface area contributed by atoms with Crippen LogP contribution in [0.25, 0.3) is 0 Å². The first-order valence-corrected chi connectivity index (χ1v) is 5.89. The number of carbonyl (C=O) groups is 1. The summed E-state index contributed by atoms with van der Waals surface area (Å²) >= 11 is 5.79. The Labute approximate surface area is 102 Å². The van der Waals surface area contributed by atoms with Gasteiger partial charge in [-0.25, -0.2) is 0 Å². The van der Waals surface area contributed by atoms with Gasteiger partial charge in [0.1, 0.15) is 0 Å². The molecule has 3 heteroatoms. The lowest BCUT2D eigenvalue weighted by Crippen LogP contribution is -2.34. The monoisotopic (exact) mass is 239 g/mol. The molecule has 1 aromatic carbocycles. The summed E-state index contributed by atoms with van der Waals surface area (Å²) in [5, 5.41) is 2.89. The molecule has 0 aliphatic heterocycles. The minimum absolute atomic E-state index is 0.0433. The zero-order chi connectivity index (χ0) is 12.2. The molecule has 88 valence electrons. The van der Waals surface area contributed by atoms with Crippen LogP contribution in [0.3, 0.4) is 0 Å². The fourth-order valence-electron chi connectivity index (χ4n) is 1.17. The highest BCUT2D eigenvalue weighted by Gasteiger charge is 2.17. The summed E-state index contributed by atoms with van der Waals surface area (Å²) < 4.78 is 0. The molecular formula is C13H18ClNO. The van der Waals surface area contributed by atoms with Gasteiger partial charge >= 0.3 is 0 Å². The molecule has 0 radical (unpaired) electrons. The molecule has 1 rings (SSSR count). The maximum atomic E-state index is 11.8. The van der Waals surface area contributed by atoms with E-state index in [-0.39, 0.29) is 11.3 Å². The molecule has 2 nitrogen and oxygen atoms in total. The molecule has 16 heavy (non-hydrogen) atoms. The molecule has 0 fully saturated rings. The first-order valence-electron chi connectivity index (χ1n) is 5.35. The molecule has 0 bridgehead atoms. The van der Waals surface area contributed by atoms with Crippen molar-refractivity contribution in [3.05, 3.63) is 35.4 Å². The number of alkyl halides is 1. The standard InChI is InChI=1S/C13H18ClNO/c1-10-4-6-11(7-5-10)12(16)15-9-13(2,3)8-14/h4-7H,8-9H2,1-3H3,(H,15,16). The van der Waals surface area contributed by atoms with Crippen molar-refractivity contribution in [1.29, 1.82) is 0 Å². The van der Waals surface area contributed by atoms with E-state index in [1.807, 2.05) is 45.0 Å². The van der Waals surface area contributed by atoms with E-state index in [1.165, 1.54) is 0 Å². The van der Waals surface area contributed by atoms with Crippen LogP contribution in [0.1, 0.15) is 29.8 Å². The number of benzene rings is 1. The average molecular weight is 240 g/mol. The molecule has 0 spiro atoms. The third kappa shape index (κ3) is 3.86. The van der Waals surface area contributed by atoms with E-state index < -0.39 is 0 Å². The second-order valence-electron chi connectivity index (χ2n) is 4.85. The van der Waals surface area contributed by atoms with Crippen LogP contribution in [0.15, 0.2) is 24.3 Å². The quantitative estimate of drug-likeness (QED) is 0.805. The molecule has 0 atom stereocenters. The number of aryl methyl sites for hydroxylation is 1. The van der Waals surface area contributed by atoms with E-state index >= 15 is 0 Å². The van der Waals surface area contributed by atoms with Crippen LogP contribution in [-0.4, -0.2) is 18.3 Å². The average Bonchev–Trinajstić information content (AvgIpc) is 2.27. The zero-order valence-electron chi connectivity index (χ0n) is 10.0. The Balaban J connectivity index is 2.56. The molecule has 0 aliphatic carbocycles. The van der Waals surface area contributed by atoms with Gasteiger partial charge in [-0.3, -0.25) is 4.79 Å². The van der Waals surface area contributed by atoms with Crippen molar-refractivity contribution in [1.82, 2.24) is 5.32 Å². The minimum atomic E-state index is -0.0675. The summed E-state index contributed by atoms with van der Waals surface area (Å²) in [5.41, 5.74) is 1.77. The molecule has 1 aromatic rings. The highest BCUT2D eigenvalue weighted by atomic mass is 35.5. The van der Waals surface area contributed by atoms with Crippen LogP contribution in [-0.2, 0) is 0 Å². The largest absolute Gasteiger partial charge is 0.351 e. The third-order valence-electron chi connectivity index (χ3n) is 2.40. The van der Waals surface area contributed by atoms with Crippen molar-refractivity contribution in [2.24, 2.45) is 5.41 Å². The van der Waals surface area contributed by atoms with E-state index in [1.54, 1.807) is 0 Å². The van der Waals surface area contributed by atoms with Gasteiger partial charge in [-0.1, -0.05) is 31.5 Å². The van der Waals surface area contributed by atoms with Gasteiger partial charge in [-0.15, -0.1) is 11.6 Å². The smallest absolute Gasteiger partial charge is 0.251 e. The van der Waals surface area contributed by atoms with Crippen LogP contribution >= 0.6 is 11.6 Å². The van der Waals surface area contributed by atoms with Crippen LogP contribution in [0, 0.1) is 12.3 Å². The van der Waals surface area contributed by atoms with E-state index in [4.69, 9.17) is 11.6 Å². The predicted octanol–water partition coefficient (Wildman–Crippen LogP) is 2.99. The van der Waals surface area contributed by atoms with Gasteiger partial charge in [0.25, 0.3) is 5.91 Å². The highest BCUT2D eigenvalue weighted by molar-refractivity contribution is 6.18. The maximum absolute atomic E-state index is 11.8. The van der Waals surface area contributed by atoms with E-state index in [0.29, 0.717) is 18.0 Å². The fraction of sp³-hybridized carbons (Fsp3) is 0.462. The zero-order valence-corrected chi connectivity index (χ0v) is 10.8. The Morgan fingerprint density at radius 3 is 2.38 bits per heavy atom. The lowest BCUT2D eigenvalue weighted by Gasteiger charge is -2.21. The summed E-state index contributed by atoms with van der Waals surface area (Å²) in [6.45, 7) is 6.63. The van der Waals surface area contributed by atoms with Gasteiger partial charge in [-0.2, -0.15) is 0 Å². The van der Waals surface area contributed by atoms with Gasteiger partial charge < -0.3 is 5.32 Å². The lowest BCUT2D eigenvalue weighted by atomic mass is 9.96. The number of halogens is 1. The first kappa shape index (κ1) is 13.0. The van der Waals surface area contributed by atoms with Crippen molar-refractivity contribution in [2.45, 2.75) is 20.8 Å². The molecule has 1 N–H and O–H groups in total. The highest BCUT2D eigenvalue weighted by Crippen LogP contribution is 2.15. The molecule has 0 saturated carbocycles. The summed E-state index contributed by atoms with van der Waals surface area (Å²) in [6, 6.07) is 7.53. The SMILES string of the molecule is Cc1ccc(C(=O)NCC(C)(C)CCl)cc1. The summed E-state index contributed by atoms with van der Waals surface area (Å²) in [5.74, 6) is 0.486. The van der Waals surface area contributed by atoms with Crippen LogP contribution in [0.5, 0.6) is 0 Å². The Morgan fingerprint density at radius 1 is 1.31 bits per heavy atom. The van der Waals surface area contributed by atoms with E-state index in [9.17, 15) is 4.79 Å². The Hall–Kier alpha value is -1.02. The van der Waals surface area contributed by atoms with Crippen molar-refractivity contribution in [3.63, 3.8) is 0 Å². The number of hydrogen-bond acceptors (Lipinski definition) is 1. The summed E-state index contributed by atoms with van der Waals surface area (Å²) in [6.07, 6.45) is 0. The molecule has 0 heterocycles. The summed E-state index contributed by atoms with van der Waals surface area (Å²) in [4.78, 5) is 11.8. The molecule has 0 aromatic heterocycles. The molecule has 0 aliphatic rings.